The highest BCUT2D eigenvalue weighted by Gasteiger charge is 2.11. The molecule has 0 amide bonds. The fraction of sp³-hybridized carbons (Fsp3) is 0.214. The summed E-state index contributed by atoms with van der Waals surface area (Å²) in [5.74, 6) is 0. The maximum atomic E-state index is 5.86. The van der Waals surface area contributed by atoms with Gasteiger partial charge in [-0.15, -0.1) is 0 Å². The molecule has 94 valence electrons. The van der Waals surface area contributed by atoms with Crippen molar-refractivity contribution >= 4 is 27.7 Å². The van der Waals surface area contributed by atoms with Crippen molar-refractivity contribution in [3.05, 3.63) is 58.2 Å². The van der Waals surface area contributed by atoms with Crippen molar-refractivity contribution in [2.24, 2.45) is 5.73 Å². The predicted molar refractivity (Wildman–Crippen MR) is 80.8 cm³/mol. The molecule has 1 unspecified atom stereocenters. The fourth-order valence-electron chi connectivity index (χ4n) is 1.61. The van der Waals surface area contributed by atoms with Gasteiger partial charge in [0.2, 0.25) is 0 Å². The van der Waals surface area contributed by atoms with Crippen LogP contribution in [0.2, 0.25) is 0 Å². The number of benzene rings is 1. The number of rotatable bonds is 4. The van der Waals surface area contributed by atoms with Crippen molar-refractivity contribution in [2.75, 3.05) is 6.54 Å². The van der Waals surface area contributed by atoms with E-state index >= 15 is 0 Å². The Bertz CT molecular complexity index is 496. The summed E-state index contributed by atoms with van der Waals surface area (Å²) in [6, 6.07) is 12.5. The zero-order valence-corrected chi connectivity index (χ0v) is 12.5. The van der Waals surface area contributed by atoms with Gasteiger partial charge in [-0.3, -0.25) is 0 Å². The number of hydrogen-bond donors (Lipinski definition) is 1. The van der Waals surface area contributed by atoms with E-state index < -0.39 is 0 Å². The Kier molecular flexibility index (Phi) is 4.80. The van der Waals surface area contributed by atoms with Gasteiger partial charge in [-0.1, -0.05) is 41.6 Å². The van der Waals surface area contributed by atoms with Crippen molar-refractivity contribution < 1.29 is 0 Å². The molecule has 18 heavy (non-hydrogen) atoms. The van der Waals surface area contributed by atoms with Gasteiger partial charge in [-0.25, -0.2) is 4.98 Å². The monoisotopic (exact) mass is 322 g/mol. The minimum absolute atomic E-state index is 0.249. The molecule has 4 heteroatoms. The number of hydrogen-bond acceptors (Lipinski definition) is 3. The summed E-state index contributed by atoms with van der Waals surface area (Å²) in [7, 11) is 0. The maximum Gasteiger partial charge on any atom is 0.0967 e. The van der Waals surface area contributed by atoms with Crippen LogP contribution in [0.1, 0.15) is 16.4 Å². The Labute approximate surface area is 120 Å². The summed E-state index contributed by atoms with van der Waals surface area (Å²) in [5, 5.41) is 1.24. The molecular weight excluding hydrogens is 308 g/mol. The van der Waals surface area contributed by atoms with Crippen LogP contribution < -0.4 is 5.73 Å². The van der Waals surface area contributed by atoms with Crippen LogP contribution in [0.3, 0.4) is 0 Å². The second-order valence-electron chi connectivity index (χ2n) is 4.07. The number of nitrogens with two attached hydrogens (primary N) is 1. The Morgan fingerprint density at radius 2 is 1.94 bits per heavy atom. The van der Waals surface area contributed by atoms with Crippen LogP contribution in [0.5, 0.6) is 0 Å². The lowest BCUT2D eigenvalue weighted by atomic mass is 10.1. The minimum atomic E-state index is 0.249. The molecule has 0 aliphatic heterocycles. The van der Waals surface area contributed by atoms with Crippen LogP contribution in [0.15, 0.2) is 52.1 Å². The number of thioether (sulfide) groups is 1. The van der Waals surface area contributed by atoms with Crippen LogP contribution in [0.25, 0.3) is 0 Å². The molecule has 1 heterocycles. The molecule has 2 N–H and O–H groups in total. The second kappa shape index (κ2) is 6.36. The number of aryl methyl sites for hydroxylation is 1. The molecule has 0 saturated heterocycles. The lowest BCUT2D eigenvalue weighted by molar-refractivity contribution is 0.933. The first-order chi connectivity index (χ1) is 8.69. The zero-order chi connectivity index (χ0) is 13.0. The van der Waals surface area contributed by atoms with E-state index in [1.807, 2.05) is 18.3 Å². The molecular formula is C14H15BrN2S. The average molecular weight is 323 g/mol. The van der Waals surface area contributed by atoms with Crippen LogP contribution in [-0.2, 0) is 0 Å². The normalized spacial score (nSPS) is 12.4. The maximum absolute atomic E-state index is 5.86. The summed E-state index contributed by atoms with van der Waals surface area (Å²) in [4.78, 5) is 4.37. The van der Waals surface area contributed by atoms with Crippen molar-refractivity contribution in [3.63, 3.8) is 0 Å². The SMILES string of the molecule is Cc1ccc(C(CN)Sc2ccc(Br)cn2)cc1. The molecule has 1 aromatic carbocycles. The van der Waals surface area contributed by atoms with E-state index in [2.05, 4.69) is 52.1 Å². The van der Waals surface area contributed by atoms with E-state index in [1.54, 1.807) is 11.8 Å². The van der Waals surface area contributed by atoms with E-state index in [1.165, 1.54) is 11.1 Å². The van der Waals surface area contributed by atoms with E-state index in [9.17, 15) is 0 Å². The van der Waals surface area contributed by atoms with Gasteiger partial charge >= 0.3 is 0 Å². The van der Waals surface area contributed by atoms with Crippen molar-refractivity contribution in [1.82, 2.24) is 4.98 Å². The Hall–Kier alpha value is -0.840. The van der Waals surface area contributed by atoms with E-state index in [4.69, 9.17) is 5.73 Å². The summed E-state index contributed by atoms with van der Waals surface area (Å²) in [6.45, 7) is 2.69. The molecule has 0 spiro atoms. The molecule has 1 aromatic heterocycles. The van der Waals surface area contributed by atoms with Crippen LogP contribution in [-0.4, -0.2) is 11.5 Å². The van der Waals surface area contributed by atoms with Gasteiger partial charge in [0.25, 0.3) is 0 Å². The molecule has 2 rings (SSSR count). The number of pyridine rings is 1. The smallest absolute Gasteiger partial charge is 0.0967 e. The van der Waals surface area contributed by atoms with Gasteiger partial charge in [-0.05, 0) is 40.5 Å². The topological polar surface area (TPSA) is 38.9 Å². The third-order valence-corrected chi connectivity index (χ3v) is 4.33. The predicted octanol–water partition coefficient (Wildman–Crippen LogP) is 3.94. The highest BCUT2D eigenvalue weighted by Crippen LogP contribution is 2.33. The number of halogens is 1. The molecule has 2 nitrogen and oxygen atoms in total. The van der Waals surface area contributed by atoms with Crippen LogP contribution >= 0.6 is 27.7 Å². The molecule has 0 saturated carbocycles. The van der Waals surface area contributed by atoms with Gasteiger partial charge < -0.3 is 5.73 Å². The summed E-state index contributed by atoms with van der Waals surface area (Å²) >= 11 is 5.08. The zero-order valence-electron chi connectivity index (χ0n) is 10.1. The molecule has 0 aliphatic rings. The molecule has 0 aliphatic carbocycles. The summed E-state index contributed by atoms with van der Waals surface area (Å²) in [6.07, 6.45) is 1.81. The minimum Gasteiger partial charge on any atom is -0.329 e. The number of aromatic nitrogens is 1. The Morgan fingerprint density at radius 1 is 1.22 bits per heavy atom. The number of nitrogens with zero attached hydrogens (tertiary/aromatic N) is 1. The van der Waals surface area contributed by atoms with Crippen LogP contribution in [0, 0.1) is 6.92 Å². The first kappa shape index (κ1) is 13.6. The highest BCUT2D eigenvalue weighted by atomic mass is 79.9. The van der Waals surface area contributed by atoms with E-state index in [-0.39, 0.29) is 5.25 Å². The van der Waals surface area contributed by atoms with Crippen LogP contribution in [0.4, 0.5) is 0 Å². The van der Waals surface area contributed by atoms with Crippen molar-refractivity contribution in [2.45, 2.75) is 17.2 Å². The van der Waals surface area contributed by atoms with Gasteiger partial charge in [-0.2, -0.15) is 0 Å². The van der Waals surface area contributed by atoms with Crippen molar-refractivity contribution in [3.8, 4) is 0 Å². The fourth-order valence-corrected chi connectivity index (χ4v) is 2.79. The first-order valence-corrected chi connectivity index (χ1v) is 7.41. The second-order valence-corrected chi connectivity index (χ2v) is 6.21. The lowest BCUT2D eigenvalue weighted by Crippen LogP contribution is -2.09. The Morgan fingerprint density at radius 3 is 2.50 bits per heavy atom. The third-order valence-electron chi connectivity index (χ3n) is 2.63. The van der Waals surface area contributed by atoms with Gasteiger partial charge in [0.1, 0.15) is 0 Å². The summed E-state index contributed by atoms with van der Waals surface area (Å²) < 4.78 is 0.992. The molecule has 0 bridgehead atoms. The van der Waals surface area contributed by atoms with Crippen molar-refractivity contribution in [1.29, 1.82) is 0 Å². The van der Waals surface area contributed by atoms with Gasteiger partial charge in [0, 0.05) is 22.5 Å². The quantitative estimate of drug-likeness (QED) is 0.866. The molecule has 0 radical (unpaired) electrons. The van der Waals surface area contributed by atoms with E-state index in [0.717, 1.165) is 9.50 Å². The Balaban J connectivity index is 2.14. The van der Waals surface area contributed by atoms with Gasteiger partial charge in [0.05, 0.1) is 5.03 Å². The highest BCUT2D eigenvalue weighted by molar-refractivity contribution is 9.10. The largest absolute Gasteiger partial charge is 0.329 e. The third kappa shape index (κ3) is 3.57. The van der Waals surface area contributed by atoms with Gasteiger partial charge in [0.15, 0.2) is 0 Å². The lowest BCUT2D eigenvalue weighted by Gasteiger charge is -2.14. The summed E-state index contributed by atoms with van der Waals surface area (Å²) in [5.41, 5.74) is 8.38. The van der Waals surface area contributed by atoms with E-state index in [0.29, 0.717) is 6.54 Å². The standard InChI is InChI=1S/C14H15BrN2S/c1-10-2-4-11(5-3-10)13(8-16)18-14-7-6-12(15)9-17-14/h2-7,9,13H,8,16H2,1H3. The first-order valence-electron chi connectivity index (χ1n) is 5.74. The average Bonchev–Trinajstić information content (AvgIpc) is 2.39. The molecule has 1 atom stereocenters. The molecule has 0 fully saturated rings. The molecule has 2 aromatic rings.